The summed E-state index contributed by atoms with van der Waals surface area (Å²) in [6.45, 7) is 5.01. The van der Waals surface area contributed by atoms with Gasteiger partial charge in [-0.25, -0.2) is 0 Å². The van der Waals surface area contributed by atoms with Gasteiger partial charge in [-0.1, -0.05) is 30.3 Å². The predicted molar refractivity (Wildman–Crippen MR) is 96.8 cm³/mol. The Morgan fingerprint density at radius 3 is 2.64 bits per heavy atom. The van der Waals surface area contributed by atoms with E-state index < -0.39 is 0 Å². The van der Waals surface area contributed by atoms with Crippen molar-refractivity contribution in [2.24, 2.45) is 0 Å². The van der Waals surface area contributed by atoms with Gasteiger partial charge in [-0.05, 0) is 12.6 Å². The highest BCUT2D eigenvalue weighted by atomic mass is 35.5. The van der Waals surface area contributed by atoms with Gasteiger partial charge in [0.05, 0.1) is 6.54 Å². The molecule has 0 spiro atoms. The Labute approximate surface area is 144 Å². The monoisotopic (exact) mass is 343 g/mol. The SMILES string of the molecule is CN(CCSCc1ccccc1)CC(=O)N1CCNCC1.Cl. The third-order valence-electron chi connectivity index (χ3n) is 3.60. The van der Waals surface area contributed by atoms with Gasteiger partial charge in [0.25, 0.3) is 0 Å². The van der Waals surface area contributed by atoms with Crippen LogP contribution in [0.15, 0.2) is 30.3 Å². The van der Waals surface area contributed by atoms with E-state index in [0.29, 0.717) is 6.54 Å². The highest BCUT2D eigenvalue weighted by molar-refractivity contribution is 7.98. The van der Waals surface area contributed by atoms with Crippen LogP contribution in [0.3, 0.4) is 0 Å². The first-order chi connectivity index (χ1) is 10.3. The summed E-state index contributed by atoms with van der Waals surface area (Å²) >= 11 is 1.92. The molecule has 1 aromatic carbocycles. The average Bonchev–Trinajstić information content (AvgIpc) is 2.53. The van der Waals surface area contributed by atoms with Gasteiger partial charge >= 0.3 is 0 Å². The lowest BCUT2D eigenvalue weighted by molar-refractivity contribution is -0.132. The van der Waals surface area contributed by atoms with E-state index in [1.54, 1.807) is 0 Å². The van der Waals surface area contributed by atoms with Crippen LogP contribution in [0.2, 0.25) is 0 Å². The van der Waals surface area contributed by atoms with Crippen LogP contribution in [0.4, 0.5) is 0 Å². The number of nitrogens with zero attached hydrogens (tertiary/aromatic N) is 2. The van der Waals surface area contributed by atoms with Crippen LogP contribution in [0.5, 0.6) is 0 Å². The van der Waals surface area contributed by atoms with Crippen LogP contribution in [0.25, 0.3) is 0 Å². The molecule has 1 fully saturated rings. The number of carbonyl (C=O) groups excluding carboxylic acids is 1. The number of amides is 1. The van der Waals surface area contributed by atoms with E-state index in [1.165, 1.54) is 5.56 Å². The zero-order chi connectivity index (χ0) is 14.9. The standard InChI is InChI=1S/C16H25N3OS.ClH/c1-18(13-16(20)19-9-7-17-8-10-19)11-12-21-14-15-5-3-2-4-6-15;/h2-6,17H,7-14H2,1H3;1H. The molecule has 6 heteroatoms. The first-order valence-electron chi connectivity index (χ1n) is 7.54. The van der Waals surface area contributed by atoms with E-state index in [-0.39, 0.29) is 18.3 Å². The second-order valence-corrected chi connectivity index (χ2v) is 6.51. The predicted octanol–water partition coefficient (Wildman–Crippen LogP) is 1.71. The molecule has 0 aromatic heterocycles. The maximum Gasteiger partial charge on any atom is 0.236 e. The number of hydrogen-bond donors (Lipinski definition) is 1. The quantitative estimate of drug-likeness (QED) is 0.764. The zero-order valence-electron chi connectivity index (χ0n) is 13.2. The minimum atomic E-state index is 0. The van der Waals surface area contributed by atoms with Crippen LogP contribution in [0.1, 0.15) is 5.56 Å². The molecule has 1 aromatic rings. The molecule has 4 nitrogen and oxygen atoms in total. The largest absolute Gasteiger partial charge is 0.339 e. The molecule has 1 aliphatic heterocycles. The Morgan fingerprint density at radius 1 is 1.27 bits per heavy atom. The minimum absolute atomic E-state index is 0. The molecule has 1 amide bonds. The molecule has 1 saturated heterocycles. The molecule has 0 radical (unpaired) electrons. The summed E-state index contributed by atoms with van der Waals surface area (Å²) in [6.07, 6.45) is 0. The molecule has 1 heterocycles. The molecular weight excluding hydrogens is 318 g/mol. The Hall–Kier alpha value is -0.750. The van der Waals surface area contributed by atoms with Gasteiger partial charge in [0, 0.05) is 44.2 Å². The first-order valence-corrected chi connectivity index (χ1v) is 8.70. The van der Waals surface area contributed by atoms with Gasteiger partial charge in [0.2, 0.25) is 5.91 Å². The molecule has 1 N–H and O–H groups in total. The van der Waals surface area contributed by atoms with Crippen molar-refractivity contribution in [2.45, 2.75) is 5.75 Å². The second-order valence-electron chi connectivity index (χ2n) is 5.41. The third-order valence-corrected chi connectivity index (χ3v) is 4.61. The van der Waals surface area contributed by atoms with Gasteiger partial charge < -0.3 is 10.2 Å². The maximum absolute atomic E-state index is 12.1. The summed E-state index contributed by atoms with van der Waals surface area (Å²) in [5, 5.41) is 3.27. The molecule has 22 heavy (non-hydrogen) atoms. The van der Waals surface area contributed by atoms with Crippen molar-refractivity contribution in [3.63, 3.8) is 0 Å². The number of piperazine rings is 1. The van der Waals surface area contributed by atoms with Crippen LogP contribution in [-0.2, 0) is 10.5 Å². The summed E-state index contributed by atoms with van der Waals surface area (Å²) in [5.41, 5.74) is 1.36. The lowest BCUT2D eigenvalue weighted by Gasteiger charge is -2.29. The zero-order valence-corrected chi connectivity index (χ0v) is 14.8. The number of hydrogen-bond acceptors (Lipinski definition) is 4. The minimum Gasteiger partial charge on any atom is -0.339 e. The van der Waals surface area contributed by atoms with Gasteiger partial charge in [0.15, 0.2) is 0 Å². The lowest BCUT2D eigenvalue weighted by atomic mass is 10.2. The Bertz CT molecular complexity index is 427. The number of likely N-dealkylation sites (N-methyl/N-ethyl adjacent to an activating group) is 1. The van der Waals surface area contributed by atoms with E-state index >= 15 is 0 Å². The lowest BCUT2D eigenvalue weighted by Crippen LogP contribution is -2.49. The van der Waals surface area contributed by atoms with Crippen molar-refractivity contribution in [2.75, 3.05) is 52.1 Å². The van der Waals surface area contributed by atoms with Gasteiger partial charge in [-0.15, -0.1) is 12.4 Å². The number of nitrogens with one attached hydrogen (secondary N) is 1. The topological polar surface area (TPSA) is 35.6 Å². The normalized spacial score (nSPS) is 14.7. The van der Waals surface area contributed by atoms with E-state index in [9.17, 15) is 4.79 Å². The molecule has 0 atom stereocenters. The van der Waals surface area contributed by atoms with E-state index in [0.717, 1.165) is 44.2 Å². The fourth-order valence-electron chi connectivity index (χ4n) is 2.31. The molecule has 0 bridgehead atoms. The van der Waals surface area contributed by atoms with Crippen LogP contribution in [-0.4, -0.2) is 67.8 Å². The van der Waals surface area contributed by atoms with Crippen LogP contribution >= 0.6 is 24.2 Å². The molecule has 2 rings (SSSR count). The molecule has 0 saturated carbocycles. The Morgan fingerprint density at radius 2 is 1.95 bits per heavy atom. The molecule has 124 valence electrons. The van der Waals surface area contributed by atoms with E-state index in [1.807, 2.05) is 29.8 Å². The summed E-state index contributed by atoms with van der Waals surface area (Å²) in [7, 11) is 2.03. The van der Waals surface area contributed by atoms with Gasteiger partial charge in [0.1, 0.15) is 0 Å². The highest BCUT2D eigenvalue weighted by Gasteiger charge is 2.17. The van der Waals surface area contributed by atoms with Crippen molar-refractivity contribution in [3.8, 4) is 0 Å². The Balaban J connectivity index is 0.00000242. The number of carbonyl (C=O) groups is 1. The smallest absolute Gasteiger partial charge is 0.236 e. The van der Waals surface area contributed by atoms with Crippen molar-refractivity contribution in [1.82, 2.24) is 15.1 Å². The summed E-state index contributed by atoms with van der Waals surface area (Å²) in [4.78, 5) is 16.2. The van der Waals surface area contributed by atoms with Gasteiger partial charge in [-0.2, -0.15) is 11.8 Å². The highest BCUT2D eigenvalue weighted by Crippen LogP contribution is 2.11. The van der Waals surface area contributed by atoms with Crippen LogP contribution in [0, 0.1) is 0 Å². The number of rotatable bonds is 7. The van der Waals surface area contributed by atoms with Gasteiger partial charge in [-0.3, -0.25) is 9.69 Å². The summed E-state index contributed by atoms with van der Waals surface area (Å²) in [6, 6.07) is 10.5. The first kappa shape index (κ1) is 19.3. The van der Waals surface area contributed by atoms with E-state index in [4.69, 9.17) is 0 Å². The van der Waals surface area contributed by atoms with Crippen LogP contribution < -0.4 is 5.32 Å². The van der Waals surface area contributed by atoms with Crippen molar-refractivity contribution in [1.29, 1.82) is 0 Å². The molecular formula is C16H26ClN3OS. The second kappa shape index (κ2) is 10.9. The summed E-state index contributed by atoms with van der Waals surface area (Å²) < 4.78 is 0. The third kappa shape index (κ3) is 7.01. The Kier molecular flexibility index (Phi) is 9.55. The summed E-state index contributed by atoms with van der Waals surface area (Å²) in [5.74, 6) is 2.35. The number of benzene rings is 1. The number of halogens is 1. The van der Waals surface area contributed by atoms with Crippen molar-refractivity contribution < 1.29 is 4.79 Å². The number of thioether (sulfide) groups is 1. The molecule has 0 unspecified atom stereocenters. The molecule has 1 aliphatic rings. The van der Waals surface area contributed by atoms with Crippen molar-refractivity contribution in [3.05, 3.63) is 35.9 Å². The molecule has 0 aliphatic carbocycles. The average molecular weight is 344 g/mol. The van der Waals surface area contributed by atoms with Crippen molar-refractivity contribution >= 4 is 30.1 Å². The maximum atomic E-state index is 12.1. The van der Waals surface area contributed by atoms with E-state index in [2.05, 4.69) is 34.5 Å². The fourth-order valence-corrected chi connectivity index (χ4v) is 3.32. The fraction of sp³-hybridized carbons (Fsp3) is 0.562.